The van der Waals surface area contributed by atoms with E-state index in [1.54, 1.807) is 23.1 Å². The third kappa shape index (κ3) is 5.20. The summed E-state index contributed by atoms with van der Waals surface area (Å²) in [6.45, 7) is 4.73. The van der Waals surface area contributed by atoms with Gasteiger partial charge in [-0.2, -0.15) is 0 Å². The summed E-state index contributed by atoms with van der Waals surface area (Å²) in [5.74, 6) is 1.31. The van der Waals surface area contributed by atoms with E-state index in [2.05, 4.69) is 15.8 Å². The molecule has 1 aliphatic rings. The monoisotopic (exact) mass is 420 g/mol. The van der Waals surface area contributed by atoms with Gasteiger partial charge in [-0.05, 0) is 44.9 Å². The number of aromatic nitrogens is 1. The number of hydrogen-bond donors (Lipinski definition) is 2. The number of anilines is 1. The Labute approximate surface area is 174 Å². The maximum atomic E-state index is 12.5. The van der Waals surface area contributed by atoms with Crippen molar-refractivity contribution in [3.8, 4) is 5.75 Å². The Kier molecular flexibility index (Phi) is 6.64. The summed E-state index contributed by atoms with van der Waals surface area (Å²) in [5.41, 5.74) is 2.22. The highest BCUT2D eigenvalue weighted by atomic mass is 35.5. The van der Waals surface area contributed by atoms with Crippen molar-refractivity contribution in [1.82, 2.24) is 15.4 Å². The second-order valence-corrected chi connectivity index (χ2v) is 7.52. The first-order valence-electron chi connectivity index (χ1n) is 9.48. The summed E-state index contributed by atoms with van der Waals surface area (Å²) in [7, 11) is 1.52. The molecule has 0 saturated carbocycles. The molecule has 2 aromatic rings. The van der Waals surface area contributed by atoms with Gasteiger partial charge in [0.15, 0.2) is 0 Å². The number of aryl methyl sites for hydroxylation is 2. The van der Waals surface area contributed by atoms with Crippen LogP contribution < -0.4 is 15.4 Å². The Hall–Kier alpha value is -2.74. The van der Waals surface area contributed by atoms with Crippen LogP contribution >= 0.6 is 11.6 Å². The molecular formula is C20H25ClN4O4. The van der Waals surface area contributed by atoms with E-state index in [1.807, 2.05) is 13.8 Å². The number of benzene rings is 1. The largest absolute Gasteiger partial charge is 0.495 e. The van der Waals surface area contributed by atoms with E-state index < -0.39 is 0 Å². The van der Waals surface area contributed by atoms with E-state index in [-0.39, 0.29) is 18.0 Å². The maximum absolute atomic E-state index is 12.5. The molecule has 1 aromatic carbocycles. The molecular weight excluding hydrogens is 396 g/mol. The molecule has 1 aromatic heterocycles. The van der Waals surface area contributed by atoms with E-state index in [0.29, 0.717) is 48.8 Å². The molecule has 1 saturated heterocycles. The minimum absolute atomic E-state index is 0.0613. The molecule has 9 heteroatoms. The number of methoxy groups -OCH3 is 1. The van der Waals surface area contributed by atoms with Crippen LogP contribution in [-0.2, 0) is 11.3 Å². The molecule has 0 spiro atoms. The lowest BCUT2D eigenvalue weighted by atomic mass is 10.1. The number of urea groups is 1. The Morgan fingerprint density at radius 1 is 1.38 bits per heavy atom. The van der Waals surface area contributed by atoms with Crippen molar-refractivity contribution < 1.29 is 18.8 Å². The van der Waals surface area contributed by atoms with Crippen LogP contribution in [0.4, 0.5) is 10.5 Å². The van der Waals surface area contributed by atoms with E-state index >= 15 is 0 Å². The third-order valence-corrected chi connectivity index (χ3v) is 5.32. The zero-order valence-electron chi connectivity index (χ0n) is 16.8. The van der Waals surface area contributed by atoms with Gasteiger partial charge in [0, 0.05) is 29.6 Å². The summed E-state index contributed by atoms with van der Waals surface area (Å²) in [6.07, 6.45) is 1.61. The molecule has 3 amide bonds. The summed E-state index contributed by atoms with van der Waals surface area (Å²) in [5, 5.41) is 10.2. The Balaban J connectivity index is 1.58. The van der Waals surface area contributed by atoms with Crippen LogP contribution in [0.3, 0.4) is 0 Å². The summed E-state index contributed by atoms with van der Waals surface area (Å²) >= 11 is 6.00. The summed E-state index contributed by atoms with van der Waals surface area (Å²) in [6, 6.07) is 4.53. The van der Waals surface area contributed by atoms with Crippen molar-refractivity contribution in [3.63, 3.8) is 0 Å². The number of rotatable bonds is 5. The average molecular weight is 421 g/mol. The molecule has 0 aliphatic carbocycles. The van der Waals surface area contributed by atoms with Crippen LogP contribution in [0.2, 0.25) is 5.02 Å². The highest BCUT2D eigenvalue weighted by molar-refractivity contribution is 6.31. The number of carbonyl (C=O) groups is 2. The van der Waals surface area contributed by atoms with Crippen LogP contribution in [0.25, 0.3) is 0 Å². The van der Waals surface area contributed by atoms with Gasteiger partial charge >= 0.3 is 6.03 Å². The molecule has 3 rings (SSSR count). The first kappa shape index (κ1) is 21.0. The summed E-state index contributed by atoms with van der Waals surface area (Å²) in [4.78, 5) is 26.8. The number of amides is 3. The molecule has 1 aliphatic heterocycles. The SMILES string of the molecule is COc1ccc(Cl)cc1NC(=O)NC1CCC(=O)N(Cc2c(C)noc2C)CC1. The average Bonchev–Trinajstić information content (AvgIpc) is 2.89. The minimum Gasteiger partial charge on any atom is -0.495 e. The predicted molar refractivity (Wildman–Crippen MR) is 109 cm³/mol. The first-order valence-corrected chi connectivity index (χ1v) is 9.85. The number of nitrogens with zero attached hydrogens (tertiary/aromatic N) is 2. The van der Waals surface area contributed by atoms with Gasteiger partial charge in [0.05, 0.1) is 25.0 Å². The van der Waals surface area contributed by atoms with Gasteiger partial charge in [-0.1, -0.05) is 16.8 Å². The van der Waals surface area contributed by atoms with Crippen molar-refractivity contribution in [3.05, 3.63) is 40.2 Å². The number of likely N-dealkylation sites (tertiary alicyclic amines) is 1. The Morgan fingerprint density at radius 3 is 2.86 bits per heavy atom. The number of nitrogens with one attached hydrogen (secondary N) is 2. The van der Waals surface area contributed by atoms with Crippen molar-refractivity contribution in [2.24, 2.45) is 0 Å². The highest BCUT2D eigenvalue weighted by Crippen LogP contribution is 2.27. The second kappa shape index (κ2) is 9.17. The molecule has 1 unspecified atom stereocenters. The van der Waals surface area contributed by atoms with Gasteiger partial charge in [0.1, 0.15) is 11.5 Å². The maximum Gasteiger partial charge on any atom is 0.319 e. The second-order valence-electron chi connectivity index (χ2n) is 7.09. The van der Waals surface area contributed by atoms with E-state index in [9.17, 15) is 9.59 Å². The van der Waals surface area contributed by atoms with Gasteiger partial charge in [-0.15, -0.1) is 0 Å². The van der Waals surface area contributed by atoms with Gasteiger partial charge in [0.25, 0.3) is 0 Å². The standard InChI is InChI=1S/C20H25ClN4O4/c1-12-16(13(2)29-24-12)11-25-9-8-15(5-7-19(25)26)22-20(27)23-17-10-14(21)4-6-18(17)28-3/h4,6,10,15H,5,7-9,11H2,1-3H3,(H2,22,23,27). The quantitative estimate of drug-likeness (QED) is 0.769. The molecule has 0 bridgehead atoms. The topological polar surface area (TPSA) is 96.7 Å². The smallest absolute Gasteiger partial charge is 0.319 e. The van der Waals surface area contributed by atoms with Gasteiger partial charge in [-0.25, -0.2) is 4.79 Å². The fraction of sp³-hybridized carbons (Fsp3) is 0.450. The highest BCUT2D eigenvalue weighted by Gasteiger charge is 2.25. The van der Waals surface area contributed by atoms with Crippen molar-refractivity contribution >= 4 is 29.2 Å². The zero-order chi connectivity index (χ0) is 21.0. The van der Waals surface area contributed by atoms with Crippen LogP contribution in [-0.4, -0.2) is 41.7 Å². The predicted octanol–water partition coefficient (Wildman–Crippen LogP) is 3.66. The molecule has 156 valence electrons. The van der Waals surface area contributed by atoms with Crippen molar-refractivity contribution in [1.29, 1.82) is 0 Å². The first-order chi connectivity index (χ1) is 13.9. The Morgan fingerprint density at radius 2 is 2.17 bits per heavy atom. The Bertz CT molecular complexity index is 879. The van der Waals surface area contributed by atoms with Gasteiger partial charge in [-0.3, -0.25) is 4.79 Å². The molecule has 2 heterocycles. The molecule has 2 N–H and O–H groups in total. The van der Waals surface area contributed by atoms with Crippen LogP contribution in [0.1, 0.15) is 36.3 Å². The van der Waals surface area contributed by atoms with Crippen LogP contribution in [0.5, 0.6) is 5.75 Å². The molecule has 8 nitrogen and oxygen atoms in total. The zero-order valence-corrected chi connectivity index (χ0v) is 17.5. The molecule has 1 atom stereocenters. The van der Waals surface area contributed by atoms with Gasteiger partial charge in [0.2, 0.25) is 5.91 Å². The fourth-order valence-electron chi connectivity index (χ4n) is 3.39. The number of ether oxygens (including phenoxy) is 1. The lowest BCUT2D eigenvalue weighted by Gasteiger charge is -2.21. The number of halogens is 1. The lowest BCUT2D eigenvalue weighted by molar-refractivity contribution is -0.131. The van der Waals surface area contributed by atoms with Crippen LogP contribution in [0.15, 0.2) is 22.7 Å². The molecule has 29 heavy (non-hydrogen) atoms. The van der Waals surface area contributed by atoms with Gasteiger partial charge < -0.3 is 24.8 Å². The number of carbonyl (C=O) groups excluding carboxylic acids is 2. The minimum atomic E-state index is -0.359. The van der Waals surface area contributed by atoms with E-state index in [0.717, 1.165) is 17.0 Å². The van der Waals surface area contributed by atoms with E-state index in [1.165, 1.54) is 7.11 Å². The lowest BCUT2D eigenvalue weighted by Crippen LogP contribution is -2.38. The number of hydrogen-bond acceptors (Lipinski definition) is 5. The van der Waals surface area contributed by atoms with E-state index in [4.69, 9.17) is 20.9 Å². The van der Waals surface area contributed by atoms with Crippen LogP contribution in [0, 0.1) is 13.8 Å². The third-order valence-electron chi connectivity index (χ3n) is 5.08. The molecule has 0 radical (unpaired) electrons. The molecule has 1 fully saturated rings. The van der Waals surface area contributed by atoms with Crippen molar-refractivity contribution in [2.75, 3.05) is 19.0 Å². The fourth-order valence-corrected chi connectivity index (χ4v) is 3.56. The van der Waals surface area contributed by atoms with Crippen molar-refractivity contribution in [2.45, 2.75) is 45.7 Å². The summed E-state index contributed by atoms with van der Waals surface area (Å²) < 4.78 is 10.4. The normalized spacial score (nSPS) is 17.0.